The lowest BCUT2D eigenvalue weighted by Crippen LogP contribution is -2.26. The van der Waals surface area contributed by atoms with E-state index in [4.69, 9.17) is 5.73 Å². The summed E-state index contributed by atoms with van der Waals surface area (Å²) in [5.74, 6) is 0.391. The molecule has 4 nitrogen and oxygen atoms in total. The summed E-state index contributed by atoms with van der Waals surface area (Å²) in [5, 5.41) is 3.79. The number of amides is 2. The summed E-state index contributed by atoms with van der Waals surface area (Å²) in [5.41, 5.74) is 7.91. The van der Waals surface area contributed by atoms with Crippen LogP contribution in [0.2, 0.25) is 0 Å². The number of nitrogens with one attached hydrogen (secondary N) is 1. The Morgan fingerprint density at radius 2 is 2.27 bits per heavy atom. The van der Waals surface area contributed by atoms with E-state index in [-0.39, 0.29) is 0 Å². The molecule has 1 unspecified atom stereocenters. The second-order valence-corrected chi connectivity index (χ2v) is 2.54. The standard InChI is InChI=1S/C7H15N3O/c1-4-5(2)6(3)9-10-7(8)11/h5H,4H2,1-3H3,(H3,8,10,11)/b9-6+. The van der Waals surface area contributed by atoms with Crippen LogP contribution in [0.15, 0.2) is 5.10 Å². The number of urea groups is 1. The monoisotopic (exact) mass is 157 g/mol. The molecule has 2 amide bonds. The van der Waals surface area contributed by atoms with Crippen molar-refractivity contribution in [3.8, 4) is 0 Å². The van der Waals surface area contributed by atoms with Crippen LogP contribution in [-0.4, -0.2) is 11.7 Å². The van der Waals surface area contributed by atoms with Crippen molar-refractivity contribution in [3.05, 3.63) is 0 Å². The molecule has 4 heteroatoms. The molecular formula is C7H15N3O. The molecule has 0 bridgehead atoms. The van der Waals surface area contributed by atoms with E-state index in [1.807, 2.05) is 13.8 Å². The van der Waals surface area contributed by atoms with E-state index in [9.17, 15) is 4.79 Å². The van der Waals surface area contributed by atoms with Crippen molar-refractivity contribution in [2.45, 2.75) is 27.2 Å². The molecule has 0 aromatic rings. The first-order valence-electron chi connectivity index (χ1n) is 3.67. The maximum Gasteiger partial charge on any atom is 0.332 e. The summed E-state index contributed by atoms with van der Waals surface area (Å²) in [6, 6.07) is -0.618. The van der Waals surface area contributed by atoms with Crippen LogP contribution in [0.3, 0.4) is 0 Å². The van der Waals surface area contributed by atoms with Crippen LogP contribution in [0, 0.1) is 5.92 Å². The Kier molecular flexibility index (Phi) is 4.26. The van der Waals surface area contributed by atoms with Gasteiger partial charge in [-0.1, -0.05) is 13.8 Å². The lowest BCUT2D eigenvalue weighted by molar-refractivity contribution is 0.249. The zero-order valence-electron chi connectivity index (χ0n) is 7.22. The van der Waals surface area contributed by atoms with Gasteiger partial charge in [0.05, 0.1) is 0 Å². The fourth-order valence-corrected chi connectivity index (χ4v) is 0.549. The molecule has 0 saturated carbocycles. The normalized spacial score (nSPS) is 14.3. The van der Waals surface area contributed by atoms with Crippen molar-refractivity contribution in [2.24, 2.45) is 16.8 Å². The summed E-state index contributed by atoms with van der Waals surface area (Å²) in [6.07, 6.45) is 1.01. The van der Waals surface area contributed by atoms with Gasteiger partial charge >= 0.3 is 6.03 Å². The van der Waals surface area contributed by atoms with Crippen LogP contribution in [0.4, 0.5) is 4.79 Å². The molecule has 0 aliphatic rings. The second-order valence-electron chi connectivity index (χ2n) is 2.54. The summed E-state index contributed by atoms with van der Waals surface area (Å²) in [4.78, 5) is 10.2. The van der Waals surface area contributed by atoms with Crippen molar-refractivity contribution < 1.29 is 4.79 Å². The molecule has 0 aromatic heterocycles. The predicted octanol–water partition coefficient (Wildman–Crippen LogP) is 1.08. The fraction of sp³-hybridized carbons (Fsp3) is 0.714. The highest BCUT2D eigenvalue weighted by molar-refractivity contribution is 5.85. The SMILES string of the molecule is CCC(C)/C(C)=N/NC(N)=O. The average molecular weight is 157 g/mol. The Morgan fingerprint density at radius 1 is 1.73 bits per heavy atom. The van der Waals surface area contributed by atoms with Crippen molar-refractivity contribution in [3.63, 3.8) is 0 Å². The van der Waals surface area contributed by atoms with Gasteiger partial charge in [-0.25, -0.2) is 10.2 Å². The second kappa shape index (κ2) is 4.71. The van der Waals surface area contributed by atoms with Gasteiger partial charge in [-0.2, -0.15) is 5.10 Å². The van der Waals surface area contributed by atoms with Crippen molar-refractivity contribution in [1.29, 1.82) is 0 Å². The van der Waals surface area contributed by atoms with E-state index in [2.05, 4.69) is 17.5 Å². The lowest BCUT2D eigenvalue weighted by Gasteiger charge is -2.06. The Balaban J connectivity index is 3.89. The topological polar surface area (TPSA) is 67.5 Å². The minimum absolute atomic E-state index is 0.391. The van der Waals surface area contributed by atoms with E-state index < -0.39 is 6.03 Å². The molecule has 1 atom stereocenters. The van der Waals surface area contributed by atoms with Gasteiger partial charge in [0.1, 0.15) is 0 Å². The quantitative estimate of drug-likeness (QED) is 0.467. The van der Waals surface area contributed by atoms with Gasteiger partial charge in [0.15, 0.2) is 0 Å². The molecule has 0 aliphatic heterocycles. The number of carbonyl (C=O) groups is 1. The first kappa shape index (κ1) is 9.94. The molecule has 0 fully saturated rings. The third kappa shape index (κ3) is 4.36. The highest BCUT2D eigenvalue weighted by atomic mass is 16.2. The average Bonchev–Trinajstić information content (AvgIpc) is 1.98. The molecule has 0 rings (SSSR count). The Bertz CT molecular complexity index is 165. The fourth-order valence-electron chi connectivity index (χ4n) is 0.549. The van der Waals surface area contributed by atoms with Crippen molar-refractivity contribution >= 4 is 11.7 Å². The summed E-state index contributed by atoms with van der Waals surface area (Å²) in [6.45, 7) is 5.97. The largest absolute Gasteiger partial charge is 0.350 e. The van der Waals surface area contributed by atoms with Crippen LogP contribution in [0.5, 0.6) is 0 Å². The Morgan fingerprint density at radius 3 is 2.64 bits per heavy atom. The Hall–Kier alpha value is -1.06. The highest BCUT2D eigenvalue weighted by Crippen LogP contribution is 2.01. The van der Waals surface area contributed by atoms with Crippen LogP contribution in [0.25, 0.3) is 0 Å². The minimum Gasteiger partial charge on any atom is -0.350 e. The minimum atomic E-state index is -0.618. The molecule has 0 heterocycles. The van der Waals surface area contributed by atoms with Gasteiger partial charge in [-0.15, -0.1) is 0 Å². The molecule has 0 spiro atoms. The van der Waals surface area contributed by atoms with Gasteiger partial charge in [0, 0.05) is 5.71 Å². The van der Waals surface area contributed by atoms with Crippen molar-refractivity contribution in [1.82, 2.24) is 5.43 Å². The summed E-state index contributed by atoms with van der Waals surface area (Å²) >= 11 is 0. The van der Waals surface area contributed by atoms with Crippen LogP contribution < -0.4 is 11.2 Å². The first-order chi connectivity index (χ1) is 5.07. The van der Waals surface area contributed by atoms with Gasteiger partial charge in [0.25, 0.3) is 0 Å². The number of primary amides is 1. The maximum absolute atomic E-state index is 10.2. The predicted molar refractivity (Wildman–Crippen MR) is 45.3 cm³/mol. The zero-order chi connectivity index (χ0) is 8.85. The maximum atomic E-state index is 10.2. The molecule has 0 aromatic carbocycles. The van der Waals surface area contributed by atoms with Gasteiger partial charge < -0.3 is 5.73 Å². The van der Waals surface area contributed by atoms with Gasteiger partial charge in [0.2, 0.25) is 0 Å². The number of rotatable bonds is 3. The molecule has 0 aliphatic carbocycles. The molecule has 0 saturated heterocycles. The van der Waals surface area contributed by atoms with Crippen LogP contribution in [-0.2, 0) is 0 Å². The zero-order valence-corrected chi connectivity index (χ0v) is 7.22. The third-order valence-electron chi connectivity index (χ3n) is 1.67. The number of hydrogen-bond acceptors (Lipinski definition) is 2. The van der Waals surface area contributed by atoms with E-state index >= 15 is 0 Å². The summed E-state index contributed by atoms with van der Waals surface area (Å²) < 4.78 is 0. The lowest BCUT2D eigenvalue weighted by atomic mass is 10.1. The molecule has 64 valence electrons. The van der Waals surface area contributed by atoms with Gasteiger partial charge in [-0.05, 0) is 19.3 Å². The molecule has 11 heavy (non-hydrogen) atoms. The third-order valence-corrected chi connectivity index (χ3v) is 1.67. The number of nitrogens with zero attached hydrogens (tertiary/aromatic N) is 1. The van der Waals surface area contributed by atoms with E-state index in [1.54, 1.807) is 0 Å². The number of carbonyl (C=O) groups excluding carboxylic acids is 1. The smallest absolute Gasteiger partial charge is 0.332 e. The molecular weight excluding hydrogens is 142 g/mol. The number of hydrazone groups is 1. The van der Waals surface area contributed by atoms with Crippen LogP contribution >= 0.6 is 0 Å². The Labute approximate surface area is 66.8 Å². The van der Waals surface area contributed by atoms with Gasteiger partial charge in [-0.3, -0.25) is 0 Å². The van der Waals surface area contributed by atoms with Crippen LogP contribution in [0.1, 0.15) is 27.2 Å². The molecule has 0 radical (unpaired) electrons. The summed E-state index contributed by atoms with van der Waals surface area (Å²) in [7, 11) is 0. The van der Waals surface area contributed by atoms with E-state index in [0.29, 0.717) is 5.92 Å². The van der Waals surface area contributed by atoms with Crippen molar-refractivity contribution in [2.75, 3.05) is 0 Å². The number of hydrogen-bond donors (Lipinski definition) is 2. The van der Waals surface area contributed by atoms with E-state index in [1.165, 1.54) is 0 Å². The van der Waals surface area contributed by atoms with E-state index in [0.717, 1.165) is 12.1 Å². The highest BCUT2D eigenvalue weighted by Gasteiger charge is 2.01. The molecule has 3 N–H and O–H groups in total. The first-order valence-corrected chi connectivity index (χ1v) is 3.67. The number of nitrogens with two attached hydrogens (primary N) is 1.